The van der Waals surface area contributed by atoms with E-state index in [0.29, 0.717) is 16.3 Å². The van der Waals surface area contributed by atoms with Crippen molar-refractivity contribution in [2.24, 2.45) is 5.10 Å². The van der Waals surface area contributed by atoms with E-state index in [1.54, 1.807) is 6.92 Å². The summed E-state index contributed by atoms with van der Waals surface area (Å²) in [5, 5.41) is 18.3. The molecule has 0 aliphatic carbocycles. The van der Waals surface area contributed by atoms with Crippen LogP contribution in [0.3, 0.4) is 0 Å². The van der Waals surface area contributed by atoms with Crippen molar-refractivity contribution >= 4 is 11.9 Å². The van der Waals surface area contributed by atoms with E-state index in [1.165, 1.54) is 6.21 Å². The predicted octanol–water partition coefficient (Wildman–Crippen LogP) is 1.06. The highest BCUT2D eigenvalue weighted by Crippen LogP contribution is 2.04. The van der Waals surface area contributed by atoms with Crippen molar-refractivity contribution in [2.45, 2.75) is 6.92 Å². The molecule has 1 heterocycles. The van der Waals surface area contributed by atoms with Crippen LogP contribution in [0.25, 0.3) is 0 Å². The Bertz CT molecular complexity index is 493. The van der Waals surface area contributed by atoms with Crippen molar-refractivity contribution in [1.82, 2.24) is 5.16 Å². The van der Waals surface area contributed by atoms with Crippen molar-refractivity contribution in [3.63, 3.8) is 0 Å². The maximum Gasteiger partial charge on any atom is 0.263 e. The van der Waals surface area contributed by atoms with Gasteiger partial charge in [0.2, 0.25) is 5.69 Å². The lowest BCUT2D eigenvalue weighted by atomic mass is 10.3. The molecule has 2 aromatic rings. The first-order valence-electron chi connectivity index (χ1n) is 4.68. The third-order valence-electron chi connectivity index (χ3n) is 2.01. The average molecular weight is 218 g/mol. The molecule has 0 saturated heterocycles. The Labute approximate surface area is 91.7 Å². The first kappa shape index (κ1) is 10.2. The van der Waals surface area contributed by atoms with Crippen LogP contribution in [0.4, 0.5) is 5.69 Å². The Morgan fingerprint density at radius 2 is 2.19 bits per heavy atom. The minimum absolute atomic E-state index is 0.337. The molecule has 6 heteroatoms. The van der Waals surface area contributed by atoms with Crippen LogP contribution in [0.2, 0.25) is 0 Å². The number of para-hydroxylation sites is 1. The van der Waals surface area contributed by atoms with Gasteiger partial charge in [-0.3, -0.25) is 10.1 Å². The zero-order chi connectivity index (χ0) is 11.4. The molecule has 0 bridgehead atoms. The topological polar surface area (TPSA) is 77.4 Å². The van der Waals surface area contributed by atoms with Gasteiger partial charge in [0.1, 0.15) is 6.21 Å². The SMILES string of the molecule is Cc1c(/C=N/Nc2ccccc2)no[n+]1[O-]. The van der Waals surface area contributed by atoms with E-state index in [2.05, 4.69) is 20.3 Å². The lowest BCUT2D eigenvalue weighted by Crippen LogP contribution is -2.26. The van der Waals surface area contributed by atoms with E-state index in [4.69, 9.17) is 0 Å². The Balaban J connectivity index is 2.03. The zero-order valence-electron chi connectivity index (χ0n) is 8.62. The number of hydrogen-bond donors (Lipinski definition) is 1. The third-order valence-corrected chi connectivity index (χ3v) is 2.01. The first-order valence-corrected chi connectivity index (χ1v) is 4.68. The fraction of sp³-hybridized carbons (Fsp3) is 0.100. The molecule has 0 amide bonds. The minimum atomic E-state index is 0.337. The number of benzene rings is 1. The van der Waals surface area contributed by atoms with Gasteiger partial charge in [0, 0.05) is 12.1 Å². The fourth-order valence-electron chi connectivity index (χ4n) is 1.10. The molecular weight excluding hydrogens is 208 g/mol. The molecule has 0 spiro atoms. The summed E-state index contributed by atoms with van der Waals surface area (Å²) in [6.07, 6.45) is 1.43. The van der Waals surface area contributed by atoms with E-state index in [1.807, 2.05) is 30.3 Å². The van der Waals surface area contributed by atoms with Crippen molar-refractivity contribution in [3.8, 4) is 0 Å². The summed E-state index contributed by atoms with van der Waals surface area (Å²) < 4.78 is 4.39. The normalized spacial score (nSPS) is 10.8. The number of hydrogen-bond acceptors (Lipinski definition) is 5. The molecule has 0 aliphatic heterocycles. The number of nitrogens with zero attached hydrogens (tertiary/aromatic N) is 3. The summed E-state index contributed by atoms with van der Waals surface area (Å²) in [7, 11) is 0. The maximum absolute atomic E-state index is 10.9. The predicted molar refractivity (Wildman–Crippen MR) is 57.9 cm³/mol. The molecule has 2 rings (SSSR count). The van der Waals surface area contributed by atoms with Crippen LogP contribution in [-0.2, 0) is 0 Å². The molecule has 0 atom stereocenters. The van der Waals surface area contributed by atoms with Crippen molar-refractivity contribution in [3.05, 3.63) is 46.9 Å². The van der Waals surface area contributed by atoms with Crippen LogP contribution < -0.4 is 10.3 Å². The Hall–Kier alpha value is -2.37. The summed E-state index contributed by atoms with van der Waals surface area (Å²) in [5.41, 5.74) is 4.44. The monoisotopic (exact) mass is 218 g/mol. The summed E-state index contributed by atoms with van der Waals surface area (Å²) in [6, 6.07) is 9.45. The second-order valence-electron chi connectivity index (χ2n) is 3.14. The number of hydrazone groups is 1. The number of aromatic nitrogens is 2. The lowest BCUT2D eigenvalue weighted by Gasteiger charge is -1.96. The van der Waals surface area contributed by atoms with E-state index < -0.39 is 0 Å². The van der Waals surface area contributed by atoms with Gasteiger partial charge < -0.3 is 5.21 Å². The average Bonchev–Trinajstić information content (AvgIpc) is 2.62. The zero-order valence-corrected chi connectivity index (χ0v) is 8.62. The van der Waals surface area contributed by atoms with Gasteiger partial charge in [-0.2, -0.15) is 5.10 Å². The molecule has 16 heavy (non-hydrogen) atoms. The molecule has 0 fully saturated rings. The molecular formula is C10H10N4O2. The standard InChI is InChI=1S/C10H10N4O2/c1-8-10(13-16-14(8)15)7-11-12-9-5-3-2-4-6-9/h2-7,12H,1H3/b11-7+. The molecule has 6 nitrogen and oxygen atoms in total. The van der Waals surface area contributed by atoms with E-state index in [0.717, 1.165) is 5.69 Å². The molecule has 0 radical (unpaired) electrons. The number of nitrogens with one attached hydrogen (secondary N) is 1. The number of rotatable bonds is 3. The van der Waals surface area contributed by atoms with Gasteiger partial charge in [-0.05, 0) is 17.0 Å². The molecule has 0 unspecified atom stereocenters. The molecule has 1 N–H and O–H groups in total. The quantitative estimate of drug-likeness (QED) is 0.474. The van der Waals surface area contributed by atoms with E-state index in [-0.39, 0.29) is 0 Å². The highest BCUT2D eigenvalue weighted by Gasteiger charge is 2.10. The first-order chi connectivity index (χ1) is 7.77. The second-order valence-corrected chi connectivity index (χ2v) is 3.14. The fourth-order valence-corrected chi connectivity index (χ4v) is 1.10. The maximum atomic E-state index is 10.9. The Morgan fingerprint density at radius 1 is 1.44 bits per heavy atom. The van der Waals surface area contributed by atoms with Gasteiger partial charge in [0.25, 0.3) is 5.69 Å². The van der Waals surface area contributed by atoms with Crippen LogP contribution >= 0.6 is 0 Å². The van der Waals surface area contributed by atoms with Crippen LogP contribution in [0.5, 0.6) is 0 Å². The van der Waals surface area contributed by atoms with Gasteiger partial charge in [0.05, 0.1) is 5.69 Å². The van der Waals surface area contributed by atoms with Gasteiger partial charge in [-0.1, -0.05) is 18.2 Å². The molecule has 0 saturated carbocycles. The minimum Gasteiger partial charge on any atom is -0.359 e. The van der Waals surface area contributed by atoms with Crippen LogP contribution in [-0.4, -0.2) is 11.4 Å². The highest BCUT2D eigenvalue weighted by atomic mass is 16.8. The largest absolute Gasteiger partial charge is 0.359 e. The summed E-state index contributed by atoms with van der Waals surface area (Å²) >= 11 is 0. The summed E-state index contributed by atoms with van der Waals surface area (Å²) in [4.78, 5) is 0.337. The molecule has 0 aliphatic rings. The van der Waals surface area contributed by atoms with Crippen molar-refractivity contribution < 1.29 is 9.53 Å². The Kier molecular flexibility index (Phi) is 2.81. The Morgan fingerprint density at radius 3 is 2.81 bits per heavy atom. The second kappa shape index (κ2) is 4.43. The number of anilines is 1. The summed E-state index contributed by atoms with van der Waals surface area (Å²) in [5.74, 6) is 0. The van der Waals surface area contributed by atoms with Gasteiger partial charge in [-0.25, -0.2) is 0 Å². The molecule has 1 aromatic heterocycles. The van der Waals surface area contributed by atoms with Crippen molar-refractivity contribution in [2.75, 3.05) is 5.43 Å². The highest BCUT2D eigenvalue weighted by molar-refractivity contribution is 5.78. The smallest absolute Gasteiger partial charge is 0.263 e. The van der Waals surface area contributed by atoms with Gasteiger partial charge in [-0.15, -0.1) is 0 Å². The van der Waals surface area contributed by atoms with Crippen molar-refractivity contribution in [1.29, 1.82) is 0 Å². The van der Waals surface area contributed by atoms with Crippen LogP contribution in [0.1, 0.15) is 11.4 Å². The van der Waals surface area contributed by atoms with Gasteiger partial charge in [0.15, 0.2) is 0 Å². The van der Waals surface area contributed by atoms with Crippen LogP contribution in [0, 0.1) is 12.1 Å². The van der Waals surface area contributed by atoms with E-state index >= 15 is 0 Å². The third kappa shape index (κ3) is 2.17. The molecule has 1 aromatic carbocycles. The molecule has 82 valence electrons. The van der Waals surface area contributed by atoms with Gasteiger partial charge >= 0.3 is 0 Å². The van der Waals surface area contributed by atoms with E-state index in [9.17, 15) is 5.21 Å². The lowest BCUT2D eigenvalue weighted by molar-refractivity contribution is -0.806. The van der Waals surface area contributed by atoms with Crippen LogP contribution in [0.15, 0.2) is 40.1 Å². The summed E-state index contributed by atoms with van der Waals surface area (Å²) in [6.45, 7) is 1.60.